The van der Waals surface area contributed by atoms with Crippen molar-refractivity contribution >= 4 is 12.0 Å². The van der Waals surface area contributed by atoms with Crippen LogP contribution in [0.3, 0.4) is 0 Å². The molecule has 2 amide bonds. The normalized spacial score (nSPS) is 24.3. The third-order valence-electron chi connectivity index (χ3n) is 5.04. The lowest BCUT2D eigenvalue weighted by Crippen LogP contribution is -2.57. The van der Waals surface area contributed by atoms with E-state index in [0.717, 1.165) is 32.6 Å². The minimum absolute atomic E-state index is 0.0819. The zero-order valence-corrected chi connectivity index (χ0v) is 13.3. The zero-order valence-electron chi connectivity index (χ0n) is 13.3. The van der Waals surface area contributed by atoms with Crippen LogP contribution >= 0.6 is 0 Å². The first-order valence-electron chi connectivity index (χ1n) is 7.98. The van der Waals surface area contributed by atoms with Crippen molar-refractivity contribution in [3.05, 3.63) is 0 Å². The lowest BCUT2D eigenvalue weighted by atomic mass is 9.87. The van der Waals surface area contributed by atoms with Gasteiger partial charge in [-0.3, -0.25) is 9.69 Å². The maximum Gasteiger partial charge on any atom is 0.320 e. The fourth-order valence-electron chi connectivity index (χ4n) is 3.34. The number of nitrogens with zero attached hydrogens (tertiary/aromatic N) is 3. The number of likely N-dealkylation sites (N-methyl/N-ethyl adjacent to an activating group) is 1. The van der Waals surface area contributed by atoms with Crippen LogP contribution in [0.5, 0.6) is 0 Å². The van der Waals surface area contributed by atoms with Gasteiger partial charge in [-0.15, -0.1) is 0 Å². The highest BCUT2D eigenvalue weighted by Crippen LogP contribution is 2.26. The van der Waals surface area contributed by atoms with Crippen LogP contribution in [-0.4, -0.2) is 77.1 Å². The van der Waals surface area contributed by atoms with Gasteiger partial charge in [0, 0.05) is 38.1 Å². The van der Waals surface area contributed by atoms with E-state index < -0.39 is 5.97 Å². The van der Waals surface area contributed by atoms with Crippen LogP contribution in [0, 0.1) is 11.8 Å². The summed E-state index contributed by atoms with van der Waals surface area (Å²) in [6.45, 7) is 10.9. The van der Waals surface area contributed by atoms with Crippen molar-refractivity contribution in [3.63, 3.8) is 0 Å². The molecule has 2 aliphatic rings. The van der Waals surface area contributed by atoms with Gasteiger partial charge in [0.15, 0.2) is 0 Å². The summed E-state index contributed by atoms with van der Waals surface area (Å²) < 4.78 is 0. The number of likely N-dealkylation sites (tertiary alicyclic amines) is 2. The smallest absolute Gasteiger partial charge is 0.320 e. The van der Waals surface area contributed by atoms with Crippen LogP contribution in [0.4, 0.5) is 4.79 Å². The van der Waals surface area contributed by atoms with Gasteiger partial charge < -0.3 is 14.9 Å². The predicted molar refractivity (Wildman–Crippen MR) is 80.2 cm³/mol. The fourth-order valence-corrected chi connectivity index (χ4v) is 3.34. The van der Waals surface area contributed by atoms with Crippen molar-refractivity contribution in [2.45, 2.75) is 33.2 Å². The molecule has 2 fully saturated rings. The van der Waals surface area contributed by atoms with Gasteiger partial charge in [0.2, 0.25) is 0 Å². The van der Waals surface area contributed by atoms with Gasteiger partial charge in [0.1, 0.15) is 0 Å². The van der Waals surface area contributed by atoms with Crippen LogP contribution in [-0.2, 0) is 4.79 Å². The molecule has 2 aliphatic heterocycles. The summed E-state index contributed by atoms with van der Waals surface area (Å²) in [5.74, 6) is -1.03. The van der Waals surface area contributed by atoms with Crippen molar-refractivity contribution < 1.29 is 14.7 Å². The second-order valence-corrected chi connectivity index (χ2v) is 6.18. The van der Waals surface area contributed by atoms with E-state index in [1.54, 1.807) is 11.8 Å². The Hall–Kier alpha value is -1.30. The minimum atomic E-state index is -0.769. The Morgan fingerprint density at radius 2 is 1.81 bits per heavy atom. The van der Waals surface area contributed by atoms with E-state index >= 15 is 0 Å². The van der Waals surface area contributed by atoms with E-state index in [-0.39, 0.29) is 17.9 Å². The number of aliphatic carboxylic acids is 1. The molecule has 0 aromatic carbocycles. The summed E-state index contributed by atoms with van der Waals surface area (Å²) in [4.78, 5) is 29.4. The predicted octanol–water partition coefficient (Wildman–Crippen LogP) is 1.17. The lowest BCUT2D eigenvalue weighted by Gasteiger charge is -2.42. The highest BCUT2D eigenvalue weighted by atomic mass is 16.4. The van der Waals surface area contributed by atoms with Crippen molar-refractivity contribution in [2.75, 3.05) is 39.3 Å². The van der Waals surface area contributed by atoms with Crippen LogP contribution in [0.15, 0.2) is 0 Å². The Bertz CT molecular complexity index is 392. The number of carbonyl (C=O) groups excluding carboxylic acids is 1. The van der Waals surface area contributed by atoms with Gasteiger partial charge in [-0.1, -0.05) is 20.8 Å². The Morgan fingerprint density at radius 3 is 2.33 bits per heavy atom. The van der Waals surface area contributed by atoms with Gasteiger partial charge in [-0.25, -0.2) is 4.79 Å². The van der Waals surface area contributed by atoms with Crippen LogP contribution < -0.4 is 0 Å². The molecule has 0 aromatic rings. The average molecular weight is 297 g/mol. The van der Waals surface area contributed by atoms with Gasteiger partial charge in [-0.2, -0.15) is 0 Å². The molecular weight excluding hydrogens is 270 g/mol. The summed E-state index contributed by atoms with van der Waals surface area (Å²) in [6.07, 6.45) is 1.04. The quantitative estimate of drug-likeness (QED) is 0.827. The van der Waals surface area contributed by atoms with Gasteiger partial charge in [-0.05, 0) is 19.5 Å². The van der Waals surface area contributed by atoms with Gasteiger partial charge in [0.25, 0.3) is 0 Å². The first-order valence-corrected chi connectivity index (χ1v) is 7.98. The van der Waals surface area contributed by atoms with Crippen LogP contribution in [0.1, 0.15) is 27.2 Å². The molecule has 0 aromatic heterocycles. The molecule has 0 radical (unpaired) electrons. The van der Waals surface area contributed by atoms with Gasteiger partial charge in [0.05, 0.1) is 5.92 Å². The molecule has 0 aliphatic carbocycles. The molecule has 2 heterocycles. The molecule has 2 atom stereocenters. The summed E-state index contributed by atoms with van der Waals surface area (Å²) in [6, 6.07) is 0.553. The summed E-state index contributed by atoms with van der Waals surface area (Å²) in [5, 5.41) is 8.98. The minimum Gasteiger partial charge on any atom is -0.481 e. The van der Waals surface area contributed by atoms with Crippen molar-refractivity contribution in [1.82, 2.24) is 14.7 Å². The molecule has 2 unspecified atom stereocenters. The molecule has 2 saturated heterocycles. The van der Waals surface area contributed by atoms with E-state index in [1.165, 1.54) is 0 Å². The van der Waals surface area contributed by atoms with E-state index in [4.69, 9.17) is 5.11 Å². The van der Waals surface area contributed by atoms with E-state index in [9.17, 15) is 9.59 Å². The SMILES string of the molecule is CCN(CC)C1CCN(C(=O)N2CC(C(C)C(=O)O)C2)C1. The number of carbonyl (C=O) groups is 2. The van der Waals surface area contributed by atoms with E-state index in [1.807, 2.05) is 4.90 Å². The molecule has 6 nitrogen and oxygen atoms in total. The number of carboxylic acids is 1. The van der Waals surface area contributed by atoms with Crippen LogP contribution in [0.2, 0.25) is 0 Å². The van der Waals surface area contributed by atoms with Gasteiger partial charge >= 0.3 is 12.0 Å². The first-order chi connectivity index (χ1) is 9.97. The summed E-state index contributed by atoms with van der Waals surface area (Å²) in [5.41, 5.74) is 0. The highest BCUT2D eigenvalue weighted by Gasteiger charge is 2.40. The largest absolute Gasteiger partial charge is 0.481 e. The molecule has 120 valence electrons. The Balaban J connectivity index is 1.80. The average Bonchev–Trinajstić information content (AvgIpc) is 2.87. The van der Waals surface area contributed by atoms with E-state index in [0.29, 0.717) is 19.1 Å². The number of carboxylic acid groups (broad SMARTS) is 1. The number of rotatable bonds is 5. The molecule has 2 rings (SSSR count). The highest BCUT2D eigenvalue weighted by molar-refractivity contribution is 5.76. The Kier molecular flexibility index (Phi) is 5.08. The third kappa shape index (κ3) is 3.31. The standard InChI is InChI=1S/C15H27N3O3/c1-4-16(5-2)13-6-7-17(10-13)15(21)18-8-12(9-18)11(3)14(19)20/h11-13H,4-10H2,1-3H3,(H,19,20). The lowest BCUT2D eigenvalue weighted by molar-refractivity contribution is -0.144. The molecule has 0 saturated carbocycles. The van der Waals surface area contributed by atoms with Crippen molar-refractivity contribution in [1.29, 1.82) is 0 Å². The number of urea groups is 1. The maximum atomic E-state index is 12.4. The molecule has 6 heteroatoms. The summed E-state index contributed by atoms with van der Waals surface area (Å²) in [7, 11) is 0. The first kappa shape index (κ1) is 16.1. The van der Waals surface area contributed by atoms with Crippen molar-refractivity contribution in [3.8, 4) is 0 Å². The molecule has 1 N–H and O–H groups in total. The topological polar surface area (TPSA) is 64.1 Å². The zero-order chi connectivity index (χ0) is 15.6. The number of hydrogen-bond acceptors (Lipinski definition) is 3. The molecule has 0 spiro atoms. The number of amides is 2. The molecule has 0 bridgehead atoms. The van der Waals surface area contributed by atoms with Crippen LogP contribution in [0.25, 0.3) is 0 Å². The fraction of sp³-hybridized carbons (Fsp3) is 0.867. The molecule has 21 heavy (non-hydrogen) atoms. The van der Waals surface area contributed by atoms with Crippen molar-refractivity contribution in [2.24, 2.45) is 11.8 Å². The number of hydrogen-bond donors (Lipinski definition) is 1. The maximum absolute atomic E-state index is 12.4. The summed E-state index contributed by atoms with van der Waals surface area (Å²) >= 11 is 0. The third-order valence-corrected chi connectivity index (χ3v) is 5.04. The molecular formula is C15H27N3O3. The monoisotopic (exact) mass is 297 g/mol. The second-order valence-electron chi connectivity index (χ2n) is 6.18. The Morgan fingerprint density at radius 1 is 1.19 bits per heavy atom. The Labute approximate surface area is 126 Å². The second kappa shape index (κ2) is 6.64. The van der Waals surface area contributed by atoms with E-state index in [2.05, 4.69) is 18.7 Å².